The van der Waals surface area contributed by atoms with Crippen molar-refractivity contribution in [3.8, 4) is 0 Å². The molecule has 0 saturated carbocycles. The first-order chi connectivity index (χ1) is 8.04. The molecule has 0 saturated heterocycles. The van der Waals surface area contributed by atoms with E-state index in [1.807, 2.05) is 38.1 Å². The van der Waals surface area contributed by atoms with E-state index in [9.17, 15) is 4.79 Å². The second kappa shape index (κ2) is 6.77. The summed E-state index contributed by atoms with van der Waals surface area (Å²) in [6, 6.07) is 7.38. The van der Waals surface area contributed by atoms with Gasteiger partial charge in [-0.3, -0.25) is 4.79 Å². The first kappa shape index (κ1) is 14.2. The van der Waals surface area contributed by atoms with Gasteiger partial charge in [-0.05, 0) is 23.6 Å². The minimum absolute atomic E-state index is 0.125. The molecule has 0 heterocycles. The number of benzene rings is 1. The molecule has 17 heavy (non-hydrogen) atoms. The van der Waals surface area contributed by atoms with Gasteiger partial charge in [0.05, 0.1) is 0 Å². The van der Waals surface area contributed by atoms with Crippen LogP contribution in [0.5, 0.6) is 0 Å². The predicted molar refractivity (Wildman–Crippen MR) is 71.9 cm³/mol. The average molecular weight is 300 g/mol. The zero-order valence-corrected chi connectivity index (χ0v) is 11.7. The van der Waals surface area contributed by atoms with Crippen LogP contribution in [0.1, 0.15) is 25.8 Å². The fourth-order valence-corrected chi connectivity index (χ4v) is 2.09. The summed E-state index contributed by atoms with van der Waals surface area (Å²) >= 11 is 3.40. The number of aliphatic carboxylic acids is 1. The molecule has 1 rings (SSSR count). The first-order valence-electron chi connectivity index (χ1n) is 5.75. The van der Waals surface area contributed by atoms with Crippen molar-refractivity contribution in [2.75, 3.05) is 0 Å². The molecule has 1 aromatic carbocycles. The highest BCUT2D eigenvalue weighted by atomic mass is 79.9. The predicted octanol–water partition coefficient (Wildman–Crippen LogP) is 3.04. The lowest BCUT2D eigenvalue weighted by molar-refractivity contribution is -0.140. The van der Waals surface area contributed by atoms with Crippen molar-refractivity contribution < 1.29 is 9.90 Å². The molecule has 0 unspecified atom stereocenters. The van der Waals surface area contributed by atoms with E-state index in [1.54, 1.807) is 0 Å². The van der Waals surface area contributed by atoms with E-state index in [1.165, 1.54) is 0 Å². The van der Waals surface area contributed by atoms with Crippen LogP contribution in [-0.2, 0) is 11.3 Å². The lowest BCUT2D eigenvalue weighted by atomic mass is 9.99. The molecular weight excluding hydrogens is 282 g/mol. The number of hydrogen-bond acceptors (Lipinski definition) is 2. The van der Waals surface area contributed by atoms with Gasteiger partial charge < -0.3 is 10.4 Å². The second-order valence-electron chi connectivity index (χ2n) is 4.21. The SMILES string of the molecule is CC[C@H](C)[C@@H](NCc1cccc(Br)c1)C(=O)O. The van der Waals surface area contributed by atoms with E-state index in [0.29, 0.717) is 6.54 Å². The summed E-state index contributed by atoms with van der Waals surface area (Å²) < 4.78 is 1.01. The van der Waals surface area contributed by atoms with Gasteiger partial charge in [0.15, 0.2) is 0 Å². The Morgan fingerprint density at radius 1 is 1.53 bits per heavy atom. The van der Waals surface area contributed by atoms with Crippen molar-refractivity contribution >= 4 is 21.9 Å². The Labute approximate surface area is 110 Å². The summed E-state index contributed by atoms with van der Waals surface area (Å²) in [4.78, 5) is 11.1. The molecule has 0 bridgehead atoms. The van der Waals surface area contributed by atoms with Crippen LogP contribution in [0.2, 0.25) is 0 Å². The maximum absolute atomic E-state index is 11.1. The van der Waals surface area contributed by atoms with Crippen molar-refractivity contribution in [3.63, 3.8) is 0 Å². The maximum Gasteiger partial charge on any atom is 0.320 e. The van der Waals surface area contributed by atoms with Gasteiger partial charge >= 0.3 is 5.97 Å². The van der Waals surface area contributed by atoms with E-state index >= 15 is 0 Å². The van der Waals surface area contributed by atoms with Gasteiger partial charge in [0.2, 0.25) is 0 Å². The molecule has 4 heteroatoms. The molecule has 2 atom stereocenters. The van der Waals surface area contributed by atoms with Crippen molar-refractivity contribution in [1.29, 1.82) is 0 Å². The van der Waals surface area contributed by atoms with E-state index in [0.717, 1.165) is 16.5 Å². The lowest BCUT2D eigenvalue weighted by Crippen LogP contribution is -2.41. The highest BCUT2D eigenvalue weighted by Crippen LogP contribution is 2.13. The highest BCUT2D eigenvalue weighted by Gasteiger charge is 2.22. The molecule has 0 fully saturated rings. The van der Waals surface area contributed by atoms with Crippen LogP contribution in [-0.4, -0.2) is 17.1 Å². The van der Waals surface area contributed by atoms with Crippen molar-refractivity contribution in [3.05, 3.63) is 34.3 Å². The van der Waals surface area contributed by atoms with Crippen LogP contribution in [0.3, 0.4) is 0 Å². The lowest BCUT2D eigenvalue weighted by Gasteiger charge is -2.20. The molecule has 0 aliphatic rings. The van der Waals surface area contributed by atoms with Gasteiger partial charge in [0, 0.05) is 11.0 Å². The molecule has 0 amide bonds. The molecular formula is C13H18BrNO2. The fraction of sp³-hybridized carbons (Fsp3) is 0.462. The quantitative estimate of drug-likeness (QED) is 0.849. The summed E-state index contributed by atoms with van der Waals surface area (Å²) in [5.41, 5.74) is 1.08. The third-order valence-electron chi connectivity index (χ3n) is 2.89. The number of nitrogens with one attached hydrogen (secondary N) is 1. The number of carboxylic acids is 1. The molecule has 0 spiro atoms. The monoisotopic (exact) mass is 299 g/mol. The zero-order valence-electron chi connectivity index (χ0n) is 10.1. The minimum atomic E-state index is -0.783. The Kier molecular flexibility index (Phi) is 5.65. The van der Waals surface area contributed by atoms with Crippen LogP contribution in [0.4, 0.5) is 0 Å². The van der Waals surface area contributed by atoms with Crippen LogP contribution < -0.4 is 5.32 Å². The summed E-state index contributed by atoms with van der Waals surface area (Å²) in [6.07, 6.45) is 0.850. The summed E-state index contributed by atoms with van der Waals surface area (Å²) in [5.74, 6) is -0.658. The van der Waals surface area contributed by atoms with Gasteiger partial charge in [-0.2, -0.15) is 0 Å². The molecule has 94 valence electrons. The Morgan fingerprint density at radius 2 is 2.24 bits per heavy atom. The number of carbonyl (C=O) groups is 1. The van der Waals surface area contributed by atoms with Crippen molar-refractivity contribution in [2.24, 2.45) is 5.92 Å². The summed E-state index contributed by atoms with van der Waals surface area (Å²) in [7, 11) is 0. The van der Waals surface area contributed by atoms with Crippen LogP contribution in [0, 0.1) is 5.92 Å². The van der Waals surface area contributed by atoms with E-state index < -0.39 is 12.0 Å². The Bertz CT molecular complexity index is 381. The van der Waals surface area contributed by atoms with Gasteiger partial charge in [-0.15, -0.1) is 0 Å². The highest BCUT2D eigenvalue weighted by molar-refractivity contribution is 9.10. The largest absolute Gasteiger partial charge is 0.480 e. The van der Waals surface area contributed by atoms with E-state index in [4.69, 9.17) is 5.11 Å². The molecule has 0 aliphatic carbocycles. The number of hydrogen-bond donors (Lipinski definition) is 2. The van der Waals surface area contributed by atoms with Gasteiger partial charge in [-0.25, -0.2) is 0 Å². The third-order valence-corrected chi connectivity index (χ3v) is 3.39. The number of halogens is 1. The number of carboxylic acid groups (broad SMARTS) is 1. The standard InChI is InChI=1S/C13H18BrNO2/c1-3-9(2)12(13(16)17)15-8-10-5-4-6-11(14)7-10/h4-7,9,12,15H,3,8H2,1-2H3,(H,16,17)/t9-,12+/m0/s1. The van der Waals surface area contributed by atoms with Crippen molar-refractivity contribution in [1.82, 2.24) is 5.32 Å². The smallest absolute Gasteiger partial charge is 0.320 e. The fourth-order valence-electron chi connectivity index (χ4n) is 1.64. The summed E-state index contributed by atoms with van der Waals surface area (Å²) in [5, 5.41) is 12.2. The van der Waals surface area contributed by atoms with Crippen molar-refractivity contribution in [2.45, 2.75) is 32.9 Å². The van der Waals surface area contributed by atoms with E-state index in [-0.39, 0.29) is 5.92 Å². The van der Waals surface area contributed by atoms with Gasteiger partial charge in [-0.1, -0.05) is 48.3 Å². The second-order valence-corrected chi connectivity index (χ2v) is 5.13. The average Bonchev–Trinajstić information content (AvgIpc) is 2.28. The topological polar surface area (TPSA) is 49.3 Å². The minimum Gasteiger partial charge on any atom is -0.480 e. The van der Waals surface area contributed by atoms with Crippen LogP contribution in [0.15, 0.2) is 28.7 Å². The summed E-state index contributed by atoms with van der Waals surface area (Å²) in [6.45, 7) is 4.52. The molecule has 0 aromatic heterocycles. The van der Waals surface area contributed by atoms with Crippen LogP contribution in [0.25, 0.3) is 0 Å². The Morgan fingerprint density at radius 3 is 2.76 bits per heavy atom. The molecule has 2 N–H and O–H groups in total. The molecule has 0 radical (unpaired) electrons. The van der Waals surface area contributed by atoms with Crippen LogP contribution >= 0.6 is 15.9 Å². The Hall–Kier alpha value is -0.870. The maximum atomic E-state index is 11.1. The molecule has 0 aliphatic heterocycles. The Balaban J connectivity index is 2.61. The van der Waals surface area contributed by atoms with Gasteiger partial charge in [0.25, 0.3) is 0 Å². The van der Waals surface area contributed by atoms with Gasteiger partial charge in [0.1, 0.15) is 6.04 Å². The molecule has 3 nitrogen and oxygen atoms in total. The normalized spacial score (nSPS) is 14.3. The zero-order chi connectivity index (χ0) is 12.8. The number of rotatable bonds is 6. The van der Waals surface area contributed by atoms with E-state index in [2.05, 4.69) is 21.2 Å². The first-order valence-corrected chi connectivity index (χ1v) is 6.54. The third kappa shape index (κ3) is 4.48. The molecule has 1 aromatic rings.